The van der Waals surface area contributed by atoms with Crippen molar-refractivity contribution in [3.05, 3.63) is 87.8 Å². The van der Waals surface area contributed by atoms with Crippen molar-refractivity contribution in [1.82, 2.24) is 9.80 Å². The second-order valence-electron chi connectivity index (χ2n) is 9.12. The van der Waals surface area contributed by atoms with Gasteiger partial charge in [0.25, 0.3) is 5.91 Å². The van der Waals surface area contributed by atoms with Crippen molar-refractivity contribution in [3.63, 3.8) is 0 Å². The molecule has 1 aromatic heterocycles. The predicted molar refractivity (Wildman–Crippen MR) is 143 cm³/mol. The van der Waals surface area contributed by atoms with Crippen molar-refractivity contribution in [1.29, 1.82) is 0 Å². The van der Waals surface area contributed by atoms with Crippen LogP contribution in [-0.4, -0.2) is 48.5 Å². The van der Waals surface area contributed by atoms with Crippen LogP contribution >= 0.6 is 0 Å². The van der Waals surface area contributed by atoms with Crippen LogP contribution in [0.4, 0.5) is 0 Å². The van der Waals surface area contributed by atoms with Crippen LogP contribution in [0.25, 0.3) is 21.7 Å². The average molecular weight is 485 g/mol. The monoisotopic (exact) mass is 484 g/mol. The fourth-order valence-corrected chi connectivity index (χ4v) is 5.24. The van der Waals surface area contributed by atoms with E-state index in [4.69, 9.17) is 9.15 Å². The largest absolute Gasteiger partial charge is 0.494 e. The van der Waals surface area contributed by atoms with Crippen molar-refractivity contribution >= 4 is 27.6 Å². The first-order chi connectivity index (χ1) is 17.6. The number of benzene rings is 3. The standard InChI is InChI=1S/C30H32N2O4/c1-4-31(5-2)18-9-19-32-26(21-12-15-22(16-13-21)35-6-3)25-27(33)24-17-14-20-10-7-8-11-23(20)28(24)36-29(25)30(32)34/h7-8,10-17,26H,4-6,9,18-19H2,1-3H3. The third-order valence-corrected chi connectivity index (χ3v) is 7.13. The maximum Gasteiger partial charge on any atom is 0.290 e. The highest BCUT2D eigenvalue weighted by Crippen LogP contribution is 2.39. The van der Waals surface area contributed by atoms with Crippen molar-refractivity contribution < 1.29 is 13.9 Å². The topological polar surface area (TPSA) is 63.0 Å². The molecule has 3 aromatic carbocycles. The maximum absolute atomic E-state index is 13.9. The smallest absolute Gasteiger partial charge is 0.290 e. The molecule has 0 bridgehead atoms. The van der Waals surface area contributed by atoms with Crippen LogP contribution in [0, 0.1) is 0 Å². The van der Waals surface area contributed by atoms with Gasteiger partial charge in [0, 0.05) is 11.9 Å². The van der Waals surface area contributed by atoms with E-state index in [0.29, 0.717) is 29.7 Å². The second kappa shape index (κ2) is 10.2. The molecule has 1 unspecified atom stereocenters. The molecule has 0 N–H and O–H groups in total. The molecule has 6 heteroatoms. The van der Waals surface area contributed by atoms with Gasteiger partial charge in [-0.15, -0.1) is 0 Å². The van der Waals surface area contributed by atoms with Crippen LogP contribution in [-0.2, 0) is 0 Å². The van der Waals surface area contributed by atoms with E-state index in [0.717, 1.165) is 48.1 Å². The van der Waals surface area contributed by atoms with E-state index >= 15 is 0 Å². The molecule has 0 saturated heterocycles. The fraction of sp³-hybridized carbons (Fsp3) is 0.333. The zero-order chi connectivity index (χ0) is 25.2. The summed E-state index contributed by atoms with van der Waals surface area (Å²) in [6, 6.07) is 18.7. The Labute approximate surface area is 211 Å². The summed E-state index contributed by atoms with van der Waals surface area (Å²) in [5.41, 5.74) is 1.63. The molecule has 0 radical (unpaired) electrons. The number of amides is 1. The molecular weight excluding hydrogens is 452 g/mol. The minimum Gasteiger partial charge on any atom is -0.494 e. The molecule has 4 aromatic rings. The molecule has 0 spiro atoms. The molecule has 2 heterocycles. The number of hydrogen-bond acceptors (Lipinski definition) is 5. The summed E-state index contributed by atoms with van der Waals surface area (Å²) < 4.78 is 11.9. The molecule has 5 rings (SSSR count). The van der Waals surface area contributed by atoms with Gasteiger partial charge in [0.1, 0.15) is 11.3 Å². The van der Waals surface area contributed by atoms with Crippen LogP contribution in [0.15, 0.2) is 69.9 Å². The molecule has 186 valence electrons. The van der Waals surface area contributed by atoms with E-state index in [9.17, 15) is 9.59 Å². The lowest BCUT2D eigenvalue weighted by Crippen LogP contribution is -2.33. The van der Waals surface area contributed by atoms with Crippen LogP contribution in [0.1, 0.15) is 54.9 Å². The summed E-state index contributed by atoms with van der Waals surface area (Å²) >= 11 is 0. The van der Waals surface area contributed by atoms with E-state index in [1.807, 2.05) is 67.6 Å². The minimum atomic E-state index is -0.494. The number of ether oxygens (including phenoxy) is 1. The van der Waals surface area contributed by atoms with Gasteiger partial charge in [-0.25, -0.2) is 0 Å². The first kappa shape index (κ1) is 24.1. The summed E-state index contributed by atoms with van der Waals surface area (Å²) in [4.78, 5) is 31.8. The first-order valence-corrected chi connectivity index (χ1v) is 12.8. The van der Waals surface area contributed by atoms with Gasteiger partial charge >= 0.3 is 0 Å². The second-order valence-corrected chi connectivity index (χ2v) is 9.12. The third kappa shape index (κ3) is 4.16. The molecule has 0 saturated carbocycles. The minimum absolute atomic E-state index is 0.143. The van der Waals surface area contributed by atoms with E-state index in [1.54, 1.807) is 4.90 Å². The Balaban J connectivity index is 1.63. The van der Waals surface area contributed by atoms with Crippen molar-refractivity contribution in [3.8, 4) is 5.75 Å². The van der Waals surface area contributed by atoms with Crippen molar-refractivity contribution in [2.24, 2.45) is 0 Å². The molecule has 1 aliphatic rings. The molecule has 1 aliphatic heterocycles. The first-order valence-electron chi connectivity index (χ1n) is 12.8. The van der Waals surface area contributed by atoms with Crippen LogP contribution in [0.5, 0.6) is 5.75 Å². The number of fused-ring (bicyclic) bond motifs is 4. The summed E-state index contributed by atoms with van der Waals surface area (Å²) in [5, 5.41) is 2.30. The zero-order valence-corrected chi connectivity index (χ0v) is 21.1. The zero-order valence-electron chi connectivity index (χ0n) is 21.1. The number of carbonyl (C=O) groups is 1. The fourth-order valence-electron chi connectivity index (χ4n) is 5.24. The highest BCUT2D eigenvalue weighted by Gasteiger charge is 2.42. The van der Waals surface area contributed by atoms with E-state index < -0.39 is 6.04 Å². The Hall–Kier alpha value is -3.64. The number of nitrogens with zero attached hydrogens (tertiary/aromatic N) is 2. The van der Waals surface area contributed by atoms with Gasteiger partial charge in [0.2, 0.25) is 5.76 Å². The summed E-state index contributed by atoms with van der Waals surface area (Å²) in [6.45, 7) is 10.1. The third-order valence-electron chi connectivity index (χ3n) is 7.13. The lowest BCUT2D eigenvalue weighted by molar-refractivity contribution is 0.0720. The summed E-state index contributed by atoms with van der Waals surface area (Å²) in [7, 11) is 0. The molecule has 1 amide bonds. The normalized spacial score (nSPS) is 15.3. The van der Waals surface area contributed by atoms with Crippen molar-refractivity contribution in [2.45, 2.75) is 33.2 Å². The Kier molecular flexibility index (Phi) is 6.79. The van der Waals surface area contributed by atoms with E-state index in [2.05, 4.69) is 18.7 Å². The average Bonchev–Trinajstić information content (AvgIpc) is 3.19. The Morgan fingerprint density at radius 3 is 2.39 bits per heavy atom. The lowest BCUT2D eigenvalue weighted by atomic mass is 9.97. The molecule has 36 heavy (non-hydrogen) atoms. The Morgan fingerprint density at radius 2 is 1.67 bits per heavy atom. The number of carbonyl (C=O) groups excluding carboxylic acids is 1. The highest BCUT2D eigenvalue weighted by molar-refractivity contribution is 6.06. The molecule has 6 nitrogen and oxygen atoms in total. The van der Waals surface area contributed by atoms with E-state index in [-0.39, 0.29) is 17.1 Å². The summed E-state index contributed by atoms with van der Waals surface area (Å²) in [6.07, 6.45) is 0.811. The molecular formula is C30H32N2O4. The number of hydrogen-bond donors (Lipinski definition) is 0. The molecule has 0 aliphatic carbocycles. The van der Waals surface area contributed by atoms with Gasteiger partial charge in [-0.3, -0.25) is 9.59 Å². The Bertz CT molecular complexity index is 1450. The molecule has 1 atom stereocenters. The highest BCUT2D eigenvalue weighted by atomic mass is 16.5. The number of rotatable bonds is 9. The SMILES string of the molecule is CCOc1ccc(C2c3c(oc4c(ccc5ccccc54)c3=O)C(=O)N2CCCN(CC)CC)cc1. The van der Waals surface area contributed by atoms with Crippen LogP contribution in [0.3, 0.4) is 0 Å². The van der Waals surface area contributed by atoms with Gasteiger partial charge in [-0.05, 0) is 62.1 Å². The van der Waals surface area contributed by atoms with Gasteiger partial charge in [0.15, 0.2) is 5.43 Å². The van der Waals surface area contributed by atoms with Gasteiger partial charge in [0.05, 0.1) is 23.6 Å². The van der Waals surface area contributed by atoms with Crippen LogP contribution < -0.4 is 10.2 Å². The summed E-state index contributed by atoms with van der Waals surface area (Å²) in [5.74, 6) is 0.692. The van der Waals surface area contributed by atoms with E-state index in [1.165, 1.54) is 0 Å². The van der Waals surface area contributed by atoms with Crippen LogP contribution in [0.2, 0.25) is 0 Å². The predicted octanol–water partition coefficient (Wildman–Crippen LogP) is 5.62. The maximum atomic E-state index is 13.9. The van der Waals surface area contributed by atoms with Gasteiger partial charge in [-0.2, -0.15) is 0 Å². The van der Waals surface area contributed by atoms with Gasteiger partial charge in [-0.1, -0.05) is 56.3 Å². The Morgan fingerprint density at radius 1 is 0.917 bits per heavy atom. The quantitative estimate of drug-likeness (QED) is 0.289. The van der Waals surface area contributed by atoms with Gasteiger partial charge < -0.3 is 19.0 Å². The molecule has 0 fully saturated rings. The van der Waals surface area contributed by atoms with Crippen molar-refractivity contribution in [2.75, 3.05) is 32.8 Å². The lowest BCUT2D eigenvalue weighted by Gasteiger charge is -2.26.